The summed E-state index contributed by atoms with van der Waals surface area (Å²) in [6.07, 6.45) is 8.44. The van der Waals surface area contributed by atoms with Crippen molar-refractivity contribution in [2.75, 3.05) is 13.7 Å². The summed E-state index contributed by atoms with van der Waals surface area (Å²) in [6, 6.07) is 0. The van der Waals surface area contributed by atoms with Crippen molar-refractivity contribution >= 4 is 0 Å². The number of aromatic nitrogens is 2. The first-order chi connectivity index (χ1) is 5.93. The lowest BCUT2D eigenvalue weighted by molar-refractivity contribution is 0.193. The molecule has 1 rings (SSSR count). The molecule has 1 aromatic rings. The fourth-order valence-corrected chi connectivity index (χ4v) is 1.01. The first-order valence-corrected chi connectivity index (χ1v) is 4.17. The van der Waals surface area contributed by atoms with E-state index in [0.717, 1.165) is 31.6 Å². The van der Waals surface area contributed by atoms with Gasteiger partial charge in [-0.3, -0.25) is 9.97 Å². The highest BCUT2D eigenvalue weighted by Gasteiger charge is 1.92. The van der Waals surface area contributed by atoms with Crippen LogP contribution in [0.3, 0.4) is 0 Å². The summed E-state index contributed by atoms with van der Waals surface area (Å²) in [4.78, 5) is 8.16. The Bertz CT molecular complexity index is 201. The van der Waals surface area contributed by atoms with Gasteiger partial charge >= 0.3 is 0 Å². The van der Waals surface area contributed by atoms with Gasteiger partial charge in [-0.25, -0.2) is 0 Å². The van der Waals surface area contributed by atoms with E-state index in [1.165, 1.54) is 0 Å². The van der Waals surface area contributed by atoms with Gasteiger partial charge in [-0.2, -0.15) is 0 Å². The number of methoxy groups -OCH3 is 1. The number of hydrogen-bond acceptors (Lipinski definition) is 3. The zero-order chi connectivity index (χ0) is 8.65. The van der Waals surface area contributed by atoms with Crippen LogP contribution in [-0.4, -0.2) is 23.7 Å². The van der Waals surface area contributed by atoms with Crippen LogP contribution in [0.1, 0.15) is 18.5 Å². The van der Waals surface area contributed by atoms with Crippen LogP contribution in [0.4, 0.5) is 0 Å². The number of rotatable bonds is 5. The Morgan fingerprint density at radius 2 is 2.25 bits per heavy atom. The van der Waals surface area contributed by atoms with Gasteiger partial charge in [-0.05, 0) is 19.3 Å². The van der Waals surface area contributed by atoms with E-state index in [4.69, 9.17) is 4.74 Å². The molecule has 0 fully saturated rings. The molecule has 0 aliphatic carbocycles. The summed E-state index contributed by atoms with van der Waals surface area (Å²) in [6.45, 7) is 0.834. The Hall–Kier alpha value is -0.960. The van der Waals surface area contributed by atoms with Crippen LogP contribution in [0.25, 0.3) is 0 Å². The van der Waals surface area contributed by atoms with Gasteiger partial charge in [0.2, 0.25) is 0 Å². The standard InChI is InChI=1S/C9H14N2O/c1-12-7-3-2-4-9-8-10-5-6-11-9/h5-6,8H,2-4,7H2,1H3. The highest BCUT2D eigenvalue weighted by Crippen LogP contribution is 1.99. The van der Waals surface area contributed by atoms with Gasteiger partial charge in [-0.15, -0.1) is 0 Å². The summed E-state index contributed by atoms with van der Waals surface area (Å²) >= 11 is 0. The second-order valence-corrected chi connectivity index (χ2v) is 2.65. The van der Waals surface area contributed by atoms with Gasteiger partial charge in [0.1, 0.15) is 0 Å². The zero-order valence-corrected chi connectivity index (χ0v) is 7.36. The summed E-state index contributed by atoms with van der Waals surface area (Å²) < 4.78 is 4.94. The maximum Gasteiger partial charge on any atom is 0.0586 e. The third kappa shape index (κ3) is 3.44. The van der Waals surface area contributed by atoms with Gasteiger partial charge in [0.25, 0.3) is 0 Å². The van der Waals surface area contributed by atoms with E-state index in [9.17, 15) is 0 Å². The Balaban J connectivity index is 2.16. The topological polar surface area (TPSA) is 35.0 Å². The average molecular weight is 166 g/mol. The van der Waals surface area contributed by atoms with Crippen molar-refractivity contribution in [3.63, 3.8) is 0 Å². The number of hydrogen-bond donors (Lipinski definition) is 0. The number of nitrogens with zero attached hydrogens (tertiary/aromatic N) is 2. The molecule has 0 saturated heterocycles. The number of unbranched alkanes of at least 4 members (excludes halogenated alkanes) is 1. The summed E-state index contributed by atoms with van der Waals surface area (Å²) in [5.74, 6) is 0. The van der Waals surface area contributed by atoms with Gasteiger partial charge in [0, 0.05) is 32.3 Å². The van der Waals surface area contributed by atoms with Gasteiger partial charge in [-0.1, -0.05) is 0 Å². The van der Waals surface area contributed by atoms with E-state index < -0.39 is 0 Å². The van der Waals surface area contributed by atoms with Crippen LogP contribution in [0.2, 0.25) is 0 Å². The van der Waals surface area contributed by atoms with Crippen LogP contribution in [-0.2, 0) is 11.2 Å². The number of aryl methyl sites for hydroxylation is 1. The van der Waals surface area contributed by atoms with Crippen molar-refractivity contribution in [1.29, 1.82) is 0 Å². The second kappa shape index (κ2) is 5.66. The minimum atomic E-state index is 0.834. The number of ether oxygens (including phenoxy) is 1. The normalized spacial score (nSPS) is 10.1. The Kier molecular flexibility index (Phi) is 4.31. The maximum absolute atomic E-state index is 4.94. The molecule has 0 saturated carbocycles. The van der Waals surface area contributed by atoms with E-state index in [1.807, 2.05) is 6.20 Å². The molecule has 0 bridgehead atoms. The first-order valence-electron chi connectivity index (χ1n) is 4.17. The van der Waals surface area contributed by atoms with Crippen molar-refractivity contribution in [3.8, 4) is 0 Å². The summed E-state index contributed by atoms with van der Waals surface area (Å²) in [5.41, 5.74) is 1.06. The lowest BCUT2D eigenvalue weighted by atomic mass is 10.2. The molecule has 0 radical (unpaired) electrons. The third-order valence-electron chi connectivity index (χ3n) is 1.65. The molecule has 0 aliphatic heterocycles. The second-order valence-electron chi connectivity index (χ2n) is 2.65. The lowest BCUT2D eigenvalue weighted by Gasteiger charge is -1.98. The highest BCUT2D eigenvalue weighted by atomic mass is 16.5. The summed E-state index contributed by atoms with van der Waals surface area (Å²) in [5, 5.41) is 0. The molecular formula is C9H14N2O. The van der Waals surface area contributed by atoms with E-state index in [2.05, 4.69) is 9.97 Å². The van der Waals surface area contributed by atoms with E-state index in [0.29, 0.717) is 0 Å². The fourth-order valence-electron chi connectivity index (χ4n) is 1.01. The minimum absolute atomic E-state index is 0.834. The lowest BCUT2D eigenvalue weighted by Crippen LogP contribution is -1.93. The molecule has 3 heteroatoms. The predicted octanol–water partition coefficient (Wildman–Crippen LogP) is 1.45. The fraction of sp³-hybridized carbons (Fsp3) is 0.556. The van der Waals surface area contributed by atoms with E-state index in [1.54, 1.807) is 19.5 Å². The molecule has 1 heterocycles. The Morgan fingerprint density at radius 1 is 1.33 bits per heavy atom. The maximum atomic E-state index is 4.94. The molecule has 1 aromatic heterocycles. The molecule has 0 amide bonds. The van der Waals surface area contributed by atoms with Crippen molar-refractivity contribution in [2.24, 2.45) is 0 Å². The molecule has 0 aromatic carbocycles. The zero-order valence-electron chi connectivity index (χ0n) is 7.36. The molecule has 0 N–H and O–H groups in total. The smallest absolute Gasteiger partial charge is 0.0586 e. The molecule has 0 atom stereocenters. The monoisotopic (exact) mass is 166 g/mol. The molecule has 3 nitrogen and oxygen atoms in total. The van der Waals surface area contributed by atoms with Gasteiger partial charge in [0.05, 0.1) is 5.69 Å². The Morgan fingerprint density at radius 3 is 2.92 bits per heavy atom. The van der Waals surface area contributed by atoms with Crippen LogP contribution in [0.5, 0.6) is 0 Å². The van der Waals surface area contributed by atoms with E-state index >= 15 is 0 Å². The van der Waals surface area contributed by atoms with E-state index in [-0.39, 0.29) is 0 Å². The molecular weight excluding hydrogens is 152 g/mol. The minimum Gasteiger partial charge on any atom is -0.385 e. The van der Waals surface area contributed by atoms with Crippen molar-refractivity contribution in [1.82, 2.24) is 9.97 Å². The molecule has 0 aliphatic rings. The van der Waals surface area contributed by atoms with Crippen LogP contribution in [0.15, 0.2) is 18.6 Å². The van der Waals surface area contributed by atoms with Gasteiger partial charge in [0.15, 0.2) is 0 Å². The third-order valence-corrected chi connectivity index (χ3v) is 1.65. The van der Waals surface area contributed by atoms with Crippen molar-refractivity contribution < 1.29 is 4.74 Å². The summed E-state index contributed by atoms with van der Waals surface area (Å²) in [7, 11) is 1.72. The largest absolute Gasteiger partial charge is 0.385 e. The van der Waals surface area contributed by atoms with Crippen LogP contribution < -0.4 is 0 Å². The quantitative estimate of drug-likeness (QED) is 0.621. The van der Waals surface area contributed by atoms with Crippen LogP contribution in [0, 0.1) is 0 Å². The molecule has 12 heavy (non-hydrogen) atoms. The Labute approximate surface area is 72.8 Å². The van der Waals surface area contributed by atoms with Crippen LogP contribution >= 0.6 is 0 Å². The molecule has 0 spiro atoms. The average Bonchev–Trinajstić information content (AvgIpc) is 2.14. The first kappa shape index (κ1) is 9.13. The van der Waals surface area contributed by atoms with Crippen molar-refractivity contribution in [2.45, 2.75) is 19.3 Å². The SMILES string of the molecule is COCCCCc1cnccn1. The molecule has 0 unspecified atom stereocenters. The van der Waals surface area contributed by atoms with Gasteiger partial charge < -0.3 is 4.74 Å². The van der Waals surface area contributed by atoms with Crippen molar-refractivity contribution in [3.05, 3.63) is 24.3 Å². The highest BCUT2D eigenvalue weighted by molar-refractivity contribution is 4.94. The predicted molar refractivity (Wildman–Crippen MR) is 46.8 cm³/mol. The molecule has 66 valence electrons.